The highest BCUT2D eigenvalue weighted by Crippen LogP contribution is 2.69. The molecule has 1 heterocycles. The Balaban J connectivity index is 1.73. The number of rotatable bonds is 3. The average molecular weight is 881 g/mol. The van der Waals surface area contributed by atoms with E-state index in [0.717, 1.165) is 0 Å². The van der Waals surface area contributed by atoms with Crippen LogP contribution in [0.15, 0.2) is 4.42 Å². The van der Waals surface area contributed by atoms with Gasteiger partial charge in [-0.1, -0.05) is 0 Å². The lowest BCUT2D eigenvalue weighted by atomic mass is 9.81. The first-order valence-electron chi connectivity index (χ1n) is 16.8. The molecular weight excluding hydrogens is 856 g/mol. The molecule has 0 atom stereocenters. The van der Waals surface area contributed by atoms with Crippen LogP contribution in [0.4, 0.5) is 0 Å². The number of hydrogen-bond donors (Lipinski definition) is 24. The quantitative estimate of drug-likeness (QED) is 0.0681. The van der Waals surface area contributed by atoms with Crippen molar-refractivity contribution >= 4 is 43.5 Å². The Morgan fingerprint density at radius 3 is 0.683 bits per heavy atom. The van der Waals surface area contributed by atoms with Crippen molar-refractivity contribution in [2.75, 3.05) is 0 Å². The van der Waals surface area contributed by atoms with Gasteiger partial charge in [0.2, 0.25) is 69.0 Å². The standard InChI is InChI=1S/C38H24O25/c39-13-3-1(7-8-12-24(50)31(57)34(60)36(62)38(12)63-37(8)35(61)32(58)17(7)43)4-6(16(42)28(54)26(52)14(4)40)2(5(3)15(41)27(53)25(13)51)9-18(44)20(46)10(21(47)19(9)45)11-22(48)29(55)33(59)30(56)23(11)49/h39-62H. The molecule has 0 fully saturated rings. The van der Waals surface area contributed by atoms with Crippen LogP contribution in [0.1, 0.15) is 0 Å². The molecule has 1 aromatic heterocycles. The van der Waals surface area contributed by atoms with Crippen LogP contribution in [0.3, 0.4) is 0 Å². The maximum atomic E-state index is 11.6. The van der Waals surface area contributed by atoms with Crippen LogP contribution < -0.4 is 0 Å². The van der Waals surface area contributed by atoms with Gasteiger partial charge in [0.15, 0.2) is 80.2 Å². The van der Waals surface area contributed by atoms with E-state index in [9.17, 15) is 123 Å². The first-order chi connectivity index (χ1) is 29.3. The van der Waals surface area contributed by atoms with E-state index < -0.39 is 215 Å². The number of aromatic hydroxyl groups is 24. The fraction of sp³-hybridized carbons (Fsp3) is 0. The van der Waals surface area contributed by atoms with E-state index in [1.165, 1.54) is 0 Å². The number of phenolic OH excluding ortho intramolecular Hbond substituents is 24. The Morgan fingerprint density at radius 1 is 0.143 bits per heavy atom. The Bertz CT molecular complexity index is 3350. The van der Waals surface area contributed by atoms with Crippen molar-refractivity contribution in [2.45, 2.75) is 0 Å². The Morgan fingerprint density at radius 2 is 0.333 bits per heavy atom. The van der Waals surface area contributed by atoms with Gasteiger partial charge in [-0.3, -0.25) is 0 Å². The van der Waals surface area contributed by atoms with E-state index >= 15 is 0 Å². The maximum Gasteiger partial charge on any atom is 0.208 e. The summed E-state index contributed by atoms with van der Waals surface area (Å²) < 4.78 is 5.38. The number of furan rings is 1. The summed E-state index contributed by atoms with van der Waals surface area (Å²) in [5.74, 6) is -39.6. The van der Waals surface area contributed by atoms with Gasteiger partial charge in [0, 0.05) is 43.6 Å². The molecule has 24 N–H and O–H groups in total. The second-order valence-electron chi connectivity index (χ2n) is 13.6. The molecule has 63 heavy (non-hydrogen) atoms. The minimum atomic E-state index is -1.83. The molecule has 0 aliphatic carbocycles. The third-order valence-electron chi connectivity index (χ3n) is 10.5. The highest BCUT2D eigenvalue weighted by atomic mass is 16.4. The first-order valence-corrected chi connectivity index (χ1v) is 16.8. The molecule has 0 aliphatic rings. The topological polar surface area (TPSA) is 499 Å². The van der Waals surface area contributed by atoms with E-state index in [4.69, 9.17) is 4.42 Å². The zero-order valence-corrected chi connectivity index (χ0v) is 30.1. The summed E-state index contributed by atoms with van der Waals surface area (Å²) in [5.41, 5.74) is -10.5. The number of fused-ring (bicyclic) bond motifs is 5. The van der Waals surface area contributed by atoms with Crippen molar-refractivity contribution in [1.82, 2.24) is 0 Å². The van der Waals surface area contributed by atoms with Crippen molar-refractivity contribution in [3.05, 3.63) is 0 Å². The molecule has 0 aliphatic heterocycles. The molecule has 25 nitrogen and oxygen atoms in total. The Labute approximate surface area is 341 Å². The van der Waals surface area contributed by atoms with Gasteiger partial charge in [0.1, 0.15) is 0 Å². The lowest BCUT2D eigenvalue weighted by Gasteiger charge is -2.25. The van der Waals surface area contributed by atoms with Crippen molar-refractivity contribution in [2.24, 2.45) is 0 Å². The summed E-state index contributed by atoms with van der Waals surface area (Å²) in [5, 5.41) is 256. The van der Waals surface area contributed by atoms with E-state index in [1.54, 1.807) is 0 Å². The summed E-state index contributed by atoms with van der Waals surface area (Å²) >= 11 is 0. The van der Waals surface area contributed by atoms with Gasteiger partial charge in [-0.15, -0.1) is 0 Å². The predicted octanol–water partition coefficient (Wildman–Crippen LogP) is 3.83. The molecule has 0 saturated heterocycles. The van der Waals surface area contributed by atoms with Crippen molar-refractivity contribution < 1.29 is 127 Å². The van der Waals surface area contributed by atoms with Crippen molar-refractivity contribution in [3.8, 4) is 171 Å². The smallest absolute Gasteiger partial charge is 0.208 e. The van der Waals surface area contributed by atoms with Gasteiger partial charge < -0.3 is 127 Å². The van der Waals surface area contributed by atoms with Gasteiger partial charge in [0.05, 0.1) is 22.1 Å². The lowest BCUT2D eigenvalue weighted by Crippen LogP contribution is -1.97. The molecule has 25 heteroatoms. The van der Waals surface area contributed by atoms with Crippen LogP contribution in [0.25, 0.3) is 76.9 Å². The van der Waals surface area contributed by atoms with Crippen molar-refractivity contribution in [1.29, 1.82) is 0 Å². The molecule has 8 rings (SSSR count). The minimum absolute atomic E-state index is 1.01. The average Bonchev–Trinajstić information content (AvgIpc) is 3.66. The van der Waals surface area contributed by atoms with E-state index in [2.05, 4.69) is 0 Å². The second-order valence-corrected chi connectivity index (χ2v) is 13.6. The molecule has 0 saturated carbocycles. The summed E-state index contributed by atoms with van der Waals surface area (Å²) in [6.45, 7) is 0. The summed E-state index contributed by atoms with van der Waals surface area (Å²) in [7, 11) is 0. The van der Waals surface area contributed by atoms with Crippen LogP contribution in [0.5, 0.6) is 138 Å². The fourth-order valence-electron chi connectivity index (χ4n) is 7.59. The zero-order valence-electron chi connectivity index (χ0n) is 30.1. The lowest BCUT2D eigenvalue weighted by molar-refractivity contribution is 0.329. The highest BCUT2D eigenvalue weighted by molar-refractivity contribution is 6.34. The van der Waals surface area contributed by atoms with Crippen LogP contribution in [-0.4, -0.2) is 123 Å². The van der Waals surface area contributed by atoms with Gasteiger partial charge in [-0.2, -0.15) is 0 Å². The molecule has 0 radical (unpaired) electrons. The molecule has 0 spiro atoms. The van der Waals surface area contributed by atoms with Crippen LogP contribution >= 0.6 is 0 Å². The highest BCUT2D eigenvalue weighted by Gasteiger charge is 2.40. The summed E-state index contributed by atoms with van der Waals surface area (Å²) in [6, 6.07) is 0. The number of benzene rings is 7. The van der Waals surface area contributed by atoms with Gasteiger partial charge in [-0.25, -0.2) is 0 Å². The maximum absolute atomic E-state index is 11.6. The van der Waals surface area contributed by atoms with Crippen LogP contribution in [0.2, 0.25) is 0 Å². The SMILES string of the molecule is Oc1c(O)c(O)c(-c2c(O)c(O)c(-c3c4c(O)c(O)c(O)c(O)c4c(-c4c(O)c(O)c(O)c5oc6c(O)c(O)c(O)c(O)c6c45)c4c(O)c(O)c(O)c(O)c34)c(O)c2O)c(O)c1O. The van der Waals surface area contributed by atoms with E-state index in [-0.39, 0.29) is 0 Å². The summed E-state index contributed by atoms with van der Waals surface area (Å²) in [4.78, 5) is 0. The van der Waals surface area contributed by atoms with Gasteiger partial charge in [-0.05, 0) is 0 Å². The molecule has 326 valence electrons. The largest absolute Gasteiger partial charge is 0.504 e. The van der Waals surface area contributed by atoms with E-state index in [0.29, 0.717) is 0 Å². The molecule has 8 aromatic rings. The van der Waals surface area contributed by atoms with Crippen molar-refractivity contribution in [3.63, 3.8) is 0 Å². The summed E-state index contributed by atoms with van der Waals surface area (Å²) in [6.07, 6.45) is 0. The Kier molecular flexibility index (Phi) is 7.78. The fourth-order valence-corrected chi connectivity index (χ4v) is 7.59. The van der Waals surface area contributed by atoms with Gasteiger partial charge >= 0.3 is 0 Å². The third kappa shape index (κ3) is 4.51. The zero-order chi connectivity index (χ0) is 46.6. The molecule has 0 unspecified atom stereocenters. The molecule has 0 amide bonds. The Hall–Kier alpha value is -9.94. The molecular formula is C38H24O25. The second kappa shape index (κ2) is 12.3. The number of hydrogen-bond acceptors (Lipinski definition) is 25. The predicted molar refractivity (Wildman–Crippen MR) is 205 cm³/mol. The monoisotopic (exact) mass is 880 g/mol. The first kappa shape index (κ1) is 39.9. The molecule has 0 bridgehead atoms. The van der Waals surface area contributed by atoms with E-state index in [1.807, 2.05) is 0 Å². The number of phenols is 24. The minimum Gasteiger partial charge on any atom is -0.504 e. The van der Waals surface area contributed by atoms with Crippen LogP contribution in [0, 0.1) is 0 Å². The molecule has 7 aromatic carbocycles. The third-order valence-corrected chi connectivity index (χ3v) is 10.5. The normalized spacial score (nSPS) is 11.7. The van der Waals surface area contributed by atoms with Gasteiger partial charge in [0.25, 0.3) is 0 Å². The van der Waals surface area contributed by atoms with Crippen LogP contribution in [-0.2, 0) is 0 Å².